The van der Waals surface area contributed by atoms with Crippen LogP contribution in [0.5, 0.6) is 0 Å². The van der Waals surface area contributed by atoms with Crippen molar-refractivity contribution in [2.45, 2.75) is 32.4 Å². The van der Waals surface area contributed by atoms with Crippen molar-refractivity contribution in [3.05, 3.63) is 47.5 Å². The van der Waals surface area contributed by atoms with Crippen molar-refractivity contribution < 1.29 is 4.79 Å². The van der Waals surface area contributed by atoms with Crippen LogP contribution < -0.4 is 5.32 Å². The Morgan fingerprint density at radius 3 is 2.87 bits per heavy atom. The zero-order chi connectivity index (χ0) is 16.2. The lowest BCUT2D eigenvalue weighted by Gasteiger charge is -2.33. The summed E-state index contributed by atoms with van der Waals surface area (Å²) < 4.78 is 1.73. The number of hydrogen-bond donors (Lipinski definition) is 1. The maximum Gasteiger partial charge on any atom is 0.272 e. The third-order valence-electron chi connectivity index (χ3n) is 4.34. The summed E-state index contributed by atoms with van der Waals surface area (Å²) in [5.74, 6) is -0.0792. The third-order valence-corrected chi connectivity index (χ3v) is 4.34. The summed E-state index contributed by atoms with van der Waals surface area (Å²) in [5.41, 5.74) is 2.74. The molecule has 1 atom stereocenters. The molecule has 1 amide bonds. The first-order valence-corrected chi connectivity index (χ1v) is 8.04. The van der Waals surface area contributed by atoms with Gasteiger partial charge in [-0.05, 0) is 50.1 Å². The van der Waals surface area contributed by atoms with Crippen LogP contribution >= 0.6 is 0 Å². The monoisotopic (exact) mass is 313 g/mol. The number of pyridine rings is 1. The number of rotatable bonds is 4. The van der Waals surface area contributed by atoms with Crippen LogP contribution in [0, 0.1) is 6.92 Å². The molecule has 0 aliphatic carbocycles. The molecule has 6 nitrogen and oxygen atoms in total. The molecular formula is C17H23N5O. The first-order valence-electron chi connectivity index (χ1n) is 8.04. The summed E-state index contributed by atoms with van der Waals surface area (Å²) in [4.78, 5) is 18.8. The largest absolute Gasteiger partial charge is 0.347 e. The summed E-state index contributed by atoms with van der Waals surface area (Å²) in [7, 11) is 1.85. The summed E-state index contributed by atoms with van der Waals surface area (Å²) in [6, 6.07) is 6.09. The van der Waals surface area contributed by atoms with E-state index in [4.69, 9.17) is 0 Å². The molecule has 1 saturated heterocycles. The molecule has 0 spiro atoms. The van der Waals surface area contributed by atoms with Gasteiger partial charge in [-0.3, -0.25) is 19.4 Å². The highest BCUT2D eigenvalue weighted by Gasteiger charge is 2.23. The van der Waals surface area contributed by atoms with Gasteiger partial charge in [0.25, 0.3) is 5.91 Å². The molecule has 1 fully saturated rings. The third kappa shape index (κ3) is 3.96. The van der Waals surface area contributed by atoms with E-state index in [2.05, 4.69) is 20.3 Å². The Hall–Kier alpha value is -2.21. The van der Waals surface area contributed by atoms with Crippen LogP contribution in [-0.2, 0) is 13.6 Å². The van der Waals surface area contributed by atoms with Gasteiger partial charge in [0.15, 0.2) is 0 Å². The maximum atomic E-state index is 12.3. The van der Waals surface area contributed by atoms with Crippen LogP contribution in [0.1, 0.15) is 34.6 Å². The molecule has 6 heteroatoms. The zero-order valence-corrected chi connectivity index (χ0v) is 13.7. The topological polar surface area (TPSA) is 63.1 Å². The molecule has 1 aliphatic rings. The number of nitrogens with zero attached hydrogens (tertiary/aromatic N) is 4. The second-order valence-corrected chi connectivity index (χ2v) is 6.20. The van der Waals surface area contributed by atoms with Crippen molar-refractivity contribution in [1.82, 2.24) is 25.0 Å². The van der Waals surface area contributed by atoms with E-state index in [1.807, 2.05) is 44.6 Å². The predicted octanol–water partition coefficient (Wildman–Crippen LogP) is 1.52. The Balaban J connectivity index is 1.57. The van der Waals surface area contributed by atoms with Crippen molar-refractivity contribution in [3.8, 4) is 0 Å². The van der Waals surface area contributed by atoms with E-state index < -0.39 is 0 Å². The number of hydrogen-bond acceptors (Lipinski definition) is 4. The minimum atomic E-state index is -0.0792. The number of likely N-dealkylation sites (tertiary alicyclic amines) is 1. The molecule has 0 aromatic carbocycles. The Morgan fingerprint density at radius 2 is 2.17 bits per heavy atom. The molecule has 1 N–H and O–H groups in total. The van der Waals surface area contributed by atoms with Gasteiger partial charge in [-0.2, -0.15) is 5.10 Å². The van der Waals surface area contributed by atoms with Crippen molar-refractivity contribution in [1.29, 1.82) is 0 Å². The second kappa shape index (κ2) is 6.91. The van der Waals surface area contributed by atoms with E-state index in [1.165, 1.54) is 5.56 Å². The number of piperidine rings is 1. The van der Waals surface area contributed by atoms with Crippen LogP contribution in [0.4, 0.5) is 0 Å². The average molecular weight is 313 g/mol. The maximum absolute atomic E-state index is 12.3. The highest BCUT2D eigenvalue weighted by atomic mass is 16.2. The highest BCUT2D eigenvalue weighted by molar-refractivity contribution is 5.92. The molecule has 0 saturated carbocycles. The van der Waals surface area contributed by atoms with E-state index in [0.717, 1.165) is 38.2 Å². The Bertz CT molecular complexity index is 647. The van der Waals surface area contributed by atoms with Gasteiger partial charge >= 0.3 is 0 Å². The van der Waals surface area contributed by atoms with Gasteiger partial charge in [0.2, 0.25) is 0 Å². The molecule has 2 aromatic heterocycles. The van der Waals surface area contributed by atoms with Crippen LogP contribution in [0.2, 0.25) is 0 Å². The van der Waals surface area contributed by atoms with Crippen LogP contribution in [0.15, 0.2) is 30.6 Å². The summed E-state index contributed by atoms with van der Waals surface area (Å²) in [6.07, 6.45) is 5.76. The molecule has 1 aliphatic heterocycles. The van der Waals surface area contributed by atoms with Crippen LogP contribution in [0.25, 0.3) is 0 Å². The predicted molar refractivity (Wildman–Crippen MR) is 87.9 cm³/mol. The normalized spacial score (nSPS) is 18.8. The van der Waals surface area contributed by atoms with Gasteiger partial charge in [0.1, 0.15) is 5.69 Å². The fourth-order valence-electron chi connectivity index (χ4n) is 2.99. The molecule has 0 bridgehead atoms. The van der Waals surface area contributed by atoms with Gasteiger partial charge in [-0.25, -0.2) is 0 Å². The van der Waals surface area contributed by atoms with Crippen molar-refractivity contribution in [2.75, 3.05) is 13.1 Å². The summed E-state index contributed by atoms with van der Waals surface area (Å²) in [6.45, 7) is 4.79. The van der Waals surface area contributed by atoms with Gasteiger partial charge in [0, 0.05) is 44.3 Å². The lowest BCUT2D eigenvalue weighted by molar-refractivity contribution is 0.0895. The molecule has 2 aromatic rings. The number of carbonyl (C=O) groups is 1. The summed E-state index contributed by atoms with van der Waals surface area (Å²) >= 11 is 0. The quantitative estimate of drug-likeness (QED) is 0.929. The van der Waals surface area contributed by atoms with Gasteiger partial charge in [-0.1, -0.05) is 0 Å². The Labute approximate surface area is 136 Å². The molecule has 122 valence electrons. The minimum Gasteiger partial charge on any atom is -0.347 e. The molecule has 3 rings (SSSR count). The Morgan fingerprint density at radius 1 is 1.39 bits per heavy atom. The molecular weight excluding hydrogens is 290 g/mol. The van der Waals surface area contributed by atoms with E-state index in [1.54, 1.807) is 4.68 Å². The summed E-state index contributed by atoms with van der Waals surface area (Å²) in [5, 5.41) is 7.37. The van der Waals surface area contributed by atoms with E-state index in [-0.39, 0.29) is 11.9 Å². The molecule has 3 heterocycles. The highest BCUT2D eigenvalue weighted by Crippen LogP contribution is 2.14. The van der Waals surface area contributed by atoms with Crippen LogP contribution in [-0.4, -0.2) is 44.7 Å². The molecule has 1 unspecified atom stereocenters. The second-order valence-electron chi connectivity index (χ2n) is 6.20. The number of aryl methyl sites for hydroxylation is 2. The fourth-order valence-corrected chi connectivity index (χ4v) is 2.99. The fraction of sp³-hybridized carbons (Fsp3) is 0.471. The number of carbonyl (C=O) groups excluding carboxylic acids is 1. The first-order chi connectivity index (χ1) is 11.1. The van der Waals surface area contributed by atoms with Gasteiger partial charge in [-0.15, -0.1) is 0 Å². The van der Waals surface area contributed by atoms with Gasteiger partial charge in [0.05, 0.1) is 0 Å². The molecule has 0 radical (unpaired) electrons. The smallest absolute Gasteiger partial charge is 0.272 e. The van der Waals surface area contributed by atoms with Crippen LogP contribution in [0.3, 0.4) is 0 Å². The van der Waals surface area contributed by atoms with E-state index >= 15 is 0 Å². The van der Waals surface area contributed by atoms with Crippen molar-refractivity contribution in [3.63, 3.8) is 0 Å². The molecule has 23 heavy (non-hydrogen) atoms. The lowest BCUT2D eigenvalue weighted by atomic mass is 10.0. The Kier molecular flexibility index (Phi) is 4.71. The lowest BCUT2D eigenvalue weighted by Crippen LogP contribution is -2.47. The standard InChI is InChI=1S/C17H23N5O/c1-13-10-16(20-21(13)2)17(23)19-15-4-3-9-22(12-15)11-14-5-7-18-8-6-14/h5-8,10,15H,3-4,9,11-12H2,1-2H3,(H,19,23). The van der Waals surface area contributed by atoms with Gasteiger partial charge < -0.3 is 5.32 Å². The van der Waals surface area contributed by atoms with Crippen molar-refractivity contribution in [2.24, 2.45) is 7.05 Å². The zero-order valence-electron chi connectivity index (χ0n) is 13.7. The number of amides is 1. The minimum absolute atomic E-state index is 0.0792. The number of nitrogens with one attached hydrogen (secondary N) is 1. The van der Waals surface area contributed by atoms with Crippen molar-refractivity contribution >= 4 is 5.91 Å². The first kappa shape index (κ1) is 15.7. The van der Waals surface area contributed by atoms with E-state index in [0.29, 0.717) is 5.69 Å². The van der Waals surface area contributed by atoms with E-state index in [9.17, 15) is 4.79 Å². The SMILES string of the molecule is Cc1cc(C(=O)NC2CCCN(Cc3ccncc3)C2)nn1C. The average Bonchev–Trinajstić information content (AvgIpc) is 2.88. The number of aromatic nitrogens is 3.